The Morgan fingerprint density at radius 3 is 2.62 bits per heavy atom. The van der Waals surface area contributed by atoms with Crippen LogP contribution in [0.5, 0.6) is 0 Å². The zero-order valence-electron chi connectivity index (χ0n) is 22.9. The predicted octanol–water partition coefficient (Wildman–Crippen LogP) is 2.18. The highest BCUT2D eigenvalue weighted by atomic mass is 35.5. The Kier molecular flexibility index (Phi) is 11.3. The highest BCUT2D eigenvalue weighted by molar-refractivity contribution is 6.29. The van der Waals surface area contributed by atoms with Gasteiger partial charge in [-0.1, -0.05) is 11.6 Å². The van der Waals surface area contributed by atoms with Gasteiger partial charge in [-0.05, 0) is 26.0 Å². The molecule has 1 saturated heterocycles. The number of ether oxygens (including phenoxy) is 1. The first kappa shape index (κ1) is 30.6. The fourth-order valence-electron chi connectivity index (χ4n) is 4.65. The number of anilines is 1. The molecular weight excluding hydrogens is 543 g/mol. The van der Waals surface area contributed by atoms with E-state index in [1.807, 2.05) is 39.1 Å². The summed E-state index contributed by atoms with van der Waals surface area (Å²) in [5.41, 5.74) is 8.36. The number of imidazole rings is 1. The van der Waals surface area contributed by atoms with Crippen LogP contribution >= 0.6 is 23.2 Å². The molecule has 0 unspecified atom stereocenters. The summed E-state index contributed by atoms with van der Waals surface area (Å²) in [6, 6.07) is 5.77. The molecule has 1 fully saturated rings. The van der Waals surface area contributed by atoms with Gasteiger partial charge in [0.1, 0.15) is 11.7 Å². The average Bonchev–Trinajstić information content (AvgIpc) is 3.28. The van der Waals surface area contributed by atoms with E-state index in [1.54, 1.807) is 4.90 Å². The molecular formula is C26H37Cl2N8O3+. The van der Waals surface area contributed by atoms with Crippen molar-refractivity contribution in [3.8, 4) is 0 Å². The number of carbonyl (C=O) groups excluding carboxylic acids is 2. The number of rotatable bonds is 9. The van der Waals surface area contributed by atoms with Crippen LogP contribution in [0.2, 0.25) is 5.15 Å². The van der Waals surface area contributed by atoms with Crippen molar-refractivity contribution in [3.63, 3.8) is 0 Å². The van der Waals surface area contributed by atoms with E-state index in [0.29, 0.717) is 25.2 Å². The molecule has 3 N–H and O–H groups in total. The number of benzene rings is 1. The largest absolute Gasteiger partial charge is 0.382 e. The maximum Gasteiger partial charge on any atom is 0.277 e. The molecule has 3 aromatic rings. The number of aryl methyl sites for hydroxylation is 2. The van der Waals surface area contributed by atoms with Crippen LogP contribution in [-0.4, -0.2) is 89.0 Å². The minimum absolute atomic E-state index is 0.0114. The van der Waals surface area contributed by atoms with Crippen molar-refractivity contribution in [1.82, 2.24) is 29.7 Å². The summed E-state index contributed by atoms with van der Waals surface area (Å²) < 4.78 is 9.64. The first-order valence-corrected chi connectivity index (χ1v) is 14.0. The highest BCUT2D eigenvalue weighted by Gasteiger charge is 2.26. The van der Waals surface area contributed by atoms with E-state index < -0.39 is 5.91 Å². The number of aromatic nitrogens is 4. The second kappa shape index (κ2) is 14.4. The molecule has 3 heterocycles. The van der Waals surface area contributed by atoms with Gasteiger partial charge < -0.3 is 20.7 Å². The van der Waals surface area contributed by atoms with Crippen molar-refractivity contribution in [2.24, 2.45) is 0 Å². The normalized spacial score (nSPS) is 13.6. The number of nitrogens with zero attached hydrogens (tertiary/aromatic N) is 6. The van der Waals surface area contributed by atoms with Crippen LogP contribution in [0.1, 0.15) is 40.5 Å². The Hall–Kier alpha value is -2.99. The first-order valence-electron chi connectivity index (χ1n) is 12.9. The predicted molar refractivity (Wildman–Crippen MR) is 152 cm³/mol. The topological polar surface area (TPSA) is 122 Å². The number of nitrogens with one attached hydrogen (secondary N) is 1. The van der Waals surface area contributed by atoms with Gasteiger partial charge in [0.25, 0.3) is 17.6 Å². The number of amides is 2. The Balaban J connectivity index is 0.00000205. The van der Waals surface area contributed by atoms with Gasteiger partial charge in [-0.3, -0.25) is 14.5 Å². The van der Waals surface area contributed by atoms with Crippen LogP contribution in [0, 0.1) is 0 Å². The second-order valence-corrected chi connectivity index (χ2v) is 9.29. The molecule has 39 heavy (non-hydrogen) atoms. The van der Waals surface area contributed by atoms with Crippen LogP contribution in [0.15, 0.2) is 24.4 Å². The Bertz CT molecular complexity index is 1290. The zero-order chi connectivity index (χ0) is 28.5. The Labute approximate surface area is 238 Å². The number of alkyl halides is 1. The van der Waals surface area contributed by atoms with Crippen molar-refractivity contribution in [2.75, 3.05) is 58.6 Å². The van der Waals surface area contributed by atoms with Gasteiger partial charge in [-0.2, -0.15) is 0 Å². The van der Waals surface area contributed by atoms with Gasteiger partial charge >= 0.3 is 0 Å². The van der Waals surface area contributed by atoms with Crippen LogP contribution in [-0.2, 0) is 24.4 Å². The first-order chi connectivity index (χ1) is 18.8. The molecule has 11 nitrogen and oxygen atoms in total. The lowest BCUT2D eigenvalue weighted by atomic mass is 10.1. The van der Waals surface area contributed by atoms with Gasteiger partial charge in [-0.25, -0.2) is 19.1 Å². The lowest BCUT2D eigenvalue weighted by Crippen LogP contribution is -2.42. The third-order valence-electron chi connectivity index (χ3n) is 6.66. The number of fused-ring (bicyclic) bond motifs is 1. The second-order valence-electron chi connectivity index (χ2n) is 8.90. The third-order valence-corrected chi connectivity index (χ3v) is 6.84. The van der Waals surface area contributed by atoms with Gasteiger partial charge in [0.15, 0.2) is 22.5 Å². The number of hydrogen-bond donors (Lipinski definition) is 2. The van der Waals surface area contributed by atoms with Crippen molar-refractivity contribution >= 4 is 51.9 Å². The SMILES string of the molecule is CCl.CCn1c(CNC(=O)c2nc(Cl)cnc2N)[n+](CC)c2ccc(C(=O)N(C)CCN3CCOCC3)cc21. The lowest BCUT2D eigenvalue weighted by molar-refractivity contribution is -0.676. The smallest absolute Gasteiger partial charge is 0.277 e. The lowest BCUT2D eigenvalue weighted by Gasteiger charge is -2.28. The Morgan fingerprint density at radius 1 is 1.23 bits per heavy atom. The quantitative estimate of drug-likeness (QED) is 0.294. The molecule has 0 atom stereocenters. The van der Waals surface area contributed by atoms with Crippen molar-refractivity contribution < 1.29 is 18.9 Å². The molecule has 0 aliphatic carbocycles. The minimum Gasteiger partial charge on any atom is -0.382 e. The van der Waals surface area contributed by atoms with Crippen LogP contribution < -0.4 is 15.6 Å². The number of hydrogen-bond acceptors (Lipinski definition) is 7. The maximum atomic E-state index is 13.2. The molecule has 2 amide bonds. The summed E-state index contributed by atoms with van der Waals surface area (Å²) in [5, 5.41) is 2.98. The molecule has 0 saturated carbocycles. The zero-order valence-corrected chi connectivity index (χ0v) is 24.4. The molecule has 0 bridgehead atoms. The molecule has 13 heteroatoms. The minimum atomic E-state index is -0.458. The average molecular weight is 581 g/mol. The summed E-state index contributed by atoms with van der Waals surface area (Å²) in [4.78, 5) is 38.0. The Morgan fingerprint density at radius 2 is 1.95 bits per heavy atom. The van der Waals surface area contributed by atoms with Crippen LogP contribution in [0.3, 0.4) is 0 Å². The van der Waals surface area contributed by atoms with E-state index in [-0.39, 0.29) is 29.1 Å². The molecule has 212 valence electrons. The van der Waals surface area contributed by atoms with Gasteiger partial charge in [0.05, 0.1) is 32.5 Å². The van der Waals surface area contributed by atoms with Crippen LogP contribution in [0.25, 0.3) is 11.0 Å². The van der Waals surface area contributed by atoms with Crippen LogP contribution in [0.4, 0.5) is 5.82 Å². The summed E-state index contributed by atoms with van der Waals surface area (Å²) in [7, 11) is 1.84. The molecule has 1 aliphatic heterocycles. The molecule has 4 rings (SSSR count). The number of nitrogens with two attached hydrogens (primary N) is 1. The summed E-state index contributed by atoms with van der Waals surface area (Å²) in [5.74, 6) is 0.433. The van der Waals surface area contributed by atoms with E-state index in [0.717, 1.165) is 49.7 Å². The van der Waals surface area contributed by atoms with E-state index in [9.17, 15) is 9.59 Å². The number of halogens is 2. The fourth-order valence-corrected chi connectivity index (χ4v) is 4.78. The molecule has 1 aromatic carbocycles. The van der Waals surface area contributed by atoms with Gasteiger partial charge in [0.2, 0.25) is 0 Å². The number of morpholine rings is 1. The fraction of sp³-hybridized carbons (Fsp3) is 0.500. The van der Waals surface area contributed by atoms with Crippen molar-refractivity contribution in [3.05, 3.63) is 46.6 Å². The summed E-state index contributed by atoms with van der Waals surface area (Å²) in [6.07, 6.45) is 2.77. The monoisotopic (exact) mass is 579 g/mol. The number of likely N-dealkylation sites (N-methyl/N-ethyl adjacent to an activating group) is 1. The van der Waals surface area contributed by atoms with Gasteiger partial charge in [0, 0.05) is 51.2 Å². The third kappa shape index (κ3) is 7.16. The maximum absolute atomic E-state index is 13.2. The standard InChI is InChI=1S/C25H33ClN8O3.CH3Cl/c1-4-33-18-7-6-17(25(36)31(3)8-9-32-10-12-37-13-11-32)14-19(18)34(5-2)21(33)16-29-24(35)22-23(27)28-15-20(26)30-22;1-2/h6-7,14-15H,4-5,8-13,16H2,1-3H3,(H2-,27,28,29,35);1H3/p+1. The summed E-state index contributed by atoms with van der Waals surface area (Å²) in [6.45, 7) is 10.4. The molecule has 1 aliphatic rings. The molecule has 2 aromatic heterocycles. The van der Waals surface area contributed by atoms with E-state index in [4.69, 9.17) is 22.1 Å². The number of carbonyl (C=O) groups is 2. The van der Waals surface area contributed by atoms with Crippen molar-refractivity contribution in [1.29, 1.82) is 0 Å². The van der Waals surface area contributed by atoms with Crippen molar-refractivity contribution in [2.45, 2.75) is 33.5 Å². The molecule has 0 radical (unpaired) electrons. The van der Waals surface area contributed by atoms with E-state index in [2.05, 4.69) is 40.9 Å². The van der Waals surface area contributed by atoms with Gasteiger partial charge in [-0.15, -0.1) is 11.6 Å². The van der Waals surface area contributed by atoms with E-state index >= 15 is 0 Å². The molecule has 0 spiro atoms. The van der Waals surface area contributed by atoms with E-state index in [1.165, 1.54) is 12.6 Å². The number of nitrogen functional groups attached to an aromatic ring is 1. The summed E-state index contributed by atoms with van der Waals surface area (Å²) >= 11 is 10.5. The highest BCUT2D eigenvalue weighted by Crippen LogP contribution is 2.19.